The number of nitrogens with zero attached hydrogens (tertiary/aromatic N) is 4. The zero-order chi connectivity index (χ0) is 23.2. The average molecular weight is 451 g/mol. The van der Waals surface area contributed by atoms with Crippen molar-refractivity contribution in [3.8, 4) is 0 Å². The molecule has 3 heterocycles. The van der Waals surface area contributed by atoms with Crippen LogP contribution in [0.1, 0.15) is 37.8 Å². The lowest BCUT2D eigenvalue weighted by Gasteiger charge is -2.37. The Morgan fingerprint density at radius 3 is 2.67 bits per heavy atom. The maximum absolute atomic E-state index is 14.9. The molecule has 0 unspecified atom stereocenters. The van der Waals surface area contributed by atoms with E-state index in [1.165, 1.54) is 0 Å². The lowest BCUT2D eigenvalue weighted by molar-refractivity contribution is -0.119. The fraction of sp³-hybridized carbons (Fsp3) is 0.462. The third-order valence-electron chi connectivity index (χ3n) is 7.17. The van der Waals surface area contributed by atoms with E-state index in [9.17, 15) is 9.18 Å². The Balaban J connectivity index is 1.19. The molecule has 0 spiro atoms. The standard InChI is InChI=1S/C26H31FN4O2/c1-26(2)17-24(32)29(3)22-16-21(27)18(15-20(22)26)7-6-10-30-11-13-31(14-12-30)25-19-8-4-5-9-23(19)33-28-25/h4-5,8-9,15-16H,6-7,10-14,17H2,1-3H3. The number of carbonyl (C=O) groups excluding carboxylic acids is 1. The number of amides is 1. The van der Waals surface area contributed by atoms with Crippen LogP contribution >= 0.6 is 0 Å². The maximum Gasteiger partial charge on any atom is 0.227 e. The van der Waals surface area contributed by atoms with Crippen molar-refractivity contribution in [3.05, 3.63) is 53.3 Å². The molecular weight excluding hydrogens is 419 g/mol. The highest BCUT2D eigenvalue weighted by Gasteiger charge is 2.36. The van der Waals surface area contributed by atoms with E-state index < -0.39 is 0 Å². The van der Waals surface area contributed by atoms with Crippen LogP contribution in [-0.2, 0) is 16.6 Å². The highest BCUT2D eigenvalue weighted by atomic mass is 19.1. The highest BCUT2D eigenvalue weighted by Crippen LogP contribution is 2.41. The van der Waals surface area contributed by atoms with Gasteiger partial charge in [0.05, 0.1) is 5.39 Å². The van der Waals surface area contributed by atoms with Gasteiger partial charge in [-0.25, -0.2) is 4.39 Å². The van der Waals surface area contributed by atoms with E-state index in [-0.39, 0.29) is 17.1 Å². The van der Waals surface area contributed by atoms with Crippen molar-refractivity contribution in [2.24, 2.45) is 0 Å². The maximum atomic E-state index is 14.9. The van der Waals surface area contributed by atoms with Gasteiger partial charge in [0.15, 0.2) is 11.4 Å². The molecule has 6 nitrogen and oxygen atoms in total. The first-order valence-corrected chi connectivity index (χ1v) is 11.7. The predicted octanol–water partition coefficient (Wildman–Crippen LogP) is 4.37. The van der Waals surface area contributed by atoms with E-state index >= 15 is 0 Å². The molecule has 0 radical (unpaired) electrons. The molecule has 1 amide bonds. The van der Waals surface area contributed by atoms with Crippen LogP contribution in [-0.4, -0.2) is 55.7 Å². The van der Waals surface area contributed by atoms with Gasteiger partial charge in [0.2, 0.25) is 5.91 Å². The zero-order valence-corrected chi connectivity index (χ0v) is 19.6. The van der Waals surface area contributed by atoms with E-state index in [1.54, 1.807) is 18.0 Å². The third kappa shape index (κ3) is 4.10. The largest absolute Gasteiger partial charge is 0.354 e. The van der Waals surface area contributed by atoms with Crippen molar-refractivity contribution in [1.29, 1.82) is 0 Å². The second-order valence-corrected chi connectivity index (χ2v) is 9.91. The van der Waals surface area contributed by atoms with E-state index in [0.717, 1.165) is 67.1 Å². The van der Waals surface area contributed by atoms with Gasteiger partial charge in [-0.1, -0.05) is 37.2 Å². The van der Waals surface area contributed by atoms with Gasteiger partial charge in [-0.05, 0) is 48.7 Å². The summed E-state index contributed by atoms with van der Waals surface area (Å²) in [4.78, 5) is 18.6. The molecule has 2 aliphatic heterocycles. The van der Waals surface area contributed by atoms with Gasteiger partial charge in [-0.2, -0.15) is 0 Å². The van der Waals surface area contributed by atoms with E-state index in [4.69, 9.17) is 4.52 Å². The minimum atomic E-state index is -0.275. The molecule has 2 aliphatic rings. The molecule has 2 aromatic carbocycles. The van der Waals surface area contributed by atoms with Crippen LogP contribution in [0.4, 0.5) is 15.9 Å². The van der Waals surface area contributed by atoms with Gasteiger partial charge in [0.25, 0.3) is 0 Å². The molecule has 7 heteroatoms. The number of rotatable bonds is 5. The van der Waals surface area contributed by atoms with Gasteiger partial charge < -0.3 is 14.3 Å². The van der Waals surface area contributed by atoms with Crippen LogP contribution in [0.3, 0.4) is 0 Å². The van der Waals surface area contributed by atoms with Gasteiger partial charge in [-0.15, -0.1) is 0 Å². The number of fused-ring (bicyclic) bond motifs is 2. The van der Waals surface area contributed by atoms with Crippen LogP contribution in [0, 0.1) is 5.82 Å². The average Bonchev–Trinajstić information content (AvgIpc) is 3.23. The Morgan fingerprint density at radius 1 is 1.12 bits per heavy atom. The number of halogens is 1. The van der Waals surface area contributed by atoms with Crippen molar-refractivity contribution in [3.63, 3.8) is 0 Å². The fourth-order valence-electron chi connectivity index (χ4n) is 5.12. The Bertz CT molecular complexity index is 1180. The SMILES string of the molecule is CN1C(=O)CC(C)(C)c2cc(CCCN3CCN(c4noc5ccccc45)CC3)c(F)cc21. The molecule has 174 valence electrons. The molecule has 3 aromatic rings. The lowest BCUT2D eigenvalue weighted by atomic mass is 9.76. The van der Waals surface area contributed by atoms with Crippen LogP contribution < -0.4 is 9.80 Å². The molecule has 1 saturated heterocycles. The smallest absolute Gasteiger partial charge is 0.227 e. The Morgan fingerprint density at radius 2 is 1.88 bits per heavy atom. The van der Waals surface area contributed by atoms with Gasteiger partial charge in [0, 0.05) is 50.7 Å². The normalized spacial score (nSPS) is 18.7. The second-order valence-electron chi connectivity index (χ2n) is 9.91. The van der Waals surface area contributed by atoms with Crippen molar-refractivity contribution >= 4 is 28.4 Å². The van der Waals surface area contributed by atoms with E-state index in [1.807, 2.05) is 24.3 Å². The molecule has 1 aromatic heterocycles. The Hall–Kier alpha value is -2.93. The summed E-state index contributed by atoms with van der Waals surface area (Å²) in [5.41, 5.74) is 3.06. The van der Waals surface area contributed by atoms with Crippen LogP contribution in [0.2, 0.25) is 0 Å². The second kappa shape index (κ2) is 8.45. The van der Waals surface area contributed by atoms with Crippen LogP contribution in [0.25, 0.3) is 11.0 Å². The molecule has 0 bridgehead atoms. The molecule has 0 aliphatic carbocycles. The summed E-state index contributed by atoms with van der Waals surface area (Å²) in [5.74, 6) is 0.749. The number of aryl methyl sites for hydroxylation is 1. The van der Waals surface area contributed by atoms with Crippen molar-refractivity contribution in [2.45, 2.75) is 38.5 Å². The molecular formula is C26H31FN4O2. The molecule has 0 atom stereocenters. The monoisotopic (exact) mass is 450 g/mol. The number of para-hydroxylation sites is 1. The first-order chi connectivity index (χ1) is 15.8. The Labute approximate surface area is 193 Å². The summed E-state index contributed by atoms with van der Waals surface area (Å²) in [6.45, 7) is 8.77. The lowest BCUT2D eigenvalue weighted by Crippen LogP contribution is -2.46. The summed E-state index contributed by atoms with van der Waals surface area (Å²) in [6.07, 6.45) is 2.05. The summed E-state index contributed by atoms with van der Waals surface area (Å²) >= 11 is 0. The fourth-order valence-corrected chi connectivity index (χ4v) is 5.12. The first-order valence-electron chi connectivity index (χ1n) is 11.7. The first kappa shape index (κ1) is 21.9. The quantitative estimate of drug-likeness (QED) is 0.578. The molecule has 5 rings (SSSR count). The van der Waals surface area contributed by atoms with E-state index in [0.29, 0.717) is 18.5 Å². The molecule has 0 N–H and O–H groups in total. The van der Waals surface area contributed by atoms with Gasteiger partial charge >= 0.3 is 0 Å². The number of hydrogen-bond donors (Lipinski definition) is 0. The van der Waals surface area contributed by atoms with Crippen LogP contribution in [0.15, 0.2) is 40.9 Å². The predicted molar refractivity (Wildman–Crippen MR) is 128 cm³/mol. The topological polar surface area (TPSA) is 52.8 Å². The summed E-state index contributed by atoms with van der Waals surface area (Å²) in [5, 5.41) is 5.34. The molecule has 0 saturated carbocycles. The summed E-state index contributed by atoms with van der Waals surface area (Å²) in [6, 6.07) is 11.5. The van der Waals surface area contributed by atoms with Crippen molar-refractivity contribution in [1.82, 2.24) is 10.1 Å². The summed E-state index contributed by atoms with van der Waals surface area (Å²) in [7, 11) is 1.73. The minimum Gasteiger partial charge on any atom is -0.354 e. The van der Waals surface area contributed by atoms with Gasteiger partial charge in [0.1, 0.15) is 5.82 Å². The van der Waals surface area contributed by atoms with E-state index in [2.05, 4.69) is 34.9 Å². The Kier molecular flexibility index (Phi) is 5.60. The van der Waals surface area contributed by atoms with Crippen molar-refractivity contribution < 1.29 is 13.7 Å². The number of aromatic nitrogens is 1. The zero-order valence-electron chi connectivity index (χ0n) is 19.6. The molecule has 1 fully saturated rings. The van der Waals surface area contributed by atoms with Crippen LogP contribution in [0.5, 0.6) is 0 Å². The van der Waals surface area contributed by atoms with Crippen molar-refractivity contribution in [2.75, 3.05) is 49.6 Å². The number of hydrogen-bond acceptors (Lipinski definition) is 5. The number of carbonyl (C=O) groups is 1. The third-order valence-corrected chi connectivity index (χ3v) is 7.17. The number of benzene rings is 2. The highest BCUT2D eigenvalue weighted by molar-refractivity contribution is 5.97. The minimum absolute atomic E-state index is 0.0393. The van der Waals surface area contributed by atoms with Gasteiger partial charge in [-0.3, -0.25) is 9.69 Å². The number of piperazine rings is 1. The molecule has 33 heavy (non-hydrogen) atoms. The number of anilines is 2. The summed E-state index contributed by atoms with van der Waals surface area (Å²) < 4.78 is 20.3.